The summed E-state index contributed by atoms with van der Waals surface area (Å²) in [5.41, 5.74) is 6.28. The van der Waals surface area contributed by atoms with Gasteiger partial charge in [0.15, 0.2) is 11.5 Å². The van der Waals surface area contributed by atoms with Gasteiger partial charge in [0, 0.05) is 5.56 Å². The predicted octanol–water partition coefficient (Wildman–Crippen LogP) is 5.70. The topological polar surface area (TPSA) is 65.4 Å². The Hall–Kier alpha value is -4.06. The van der Waals surface area contributed by atoms with E-state index in [0.29, 0.717) is 30.2 Å². The average molecular weight is 456 g/mol. The third-order valence-corrected chi connectivity index (χ3v) is 5.69. The number of nitrogens with one attached hydrogen (secondary N) is 1. The van der Waals surface area contributed by atoms with Crippen LogP contribution < -0.4 is 14.8 Å². The molecule has 0 atom stereocenters. The maximum absolute atomic E-state index is 13.0. The molecule has 0 fully saturated rings. The van der Waals surface area contributed by atoms with Gasteiger partial charge in [0.05, 0.1) is 30.7 Å². The van der Waals surface area contributed by atoms with Crippen molar-refractivity contribution in [2.75, 3.05) is 12.4 Å². The van der Waals surface area contributed by atoms with Gasteiger partial charge in [-0.1, -0.05) is 54.1 Å². The Morgan fingerprint density at radius 3 is 2.41 bits per heavy atom. The minimum Gasteiger partial charge on any atom is -0.493 e. The number of ether oxygens (including phenoxy) is 2. The van der Waals surface area contributed by atoms with Gasteiger partial charge in [0.25, 0.3) is 5.91 Å². The smallest absolute Gasteiger partial charge is 0.255 e. The zero-order chi connectivity index (χ0) is 24.1. The number of benzene rings is 3. The van der Waals surface area contributed by atoms with Crippen molar-refractivity contribution in [2.45, 2.75) is 33.9 Å². The molecule has 174 valence electrons. The maximum atomic E-state index is 13.0. The highest BCUT2D eigenvalue weighted by Crippen LogP contribution is 2.27. The molecular weight excluding hydrogens is 426 g/mol. The Kier molecular flexibility index (Phi) is 6.97. The maximum Gasteiger partial charge on any atom is 0.255 e. The molecule has 6 nitrogen and oxygen atoms in total. The first-order valence-corrected chi connectivity index (χ1v) is 11.2. The zero-order valence-corrected chi connectivity index (χ0v) is 20.0. The number of aryl methyl sites for hydroxylation is 2. The molecule has 1 heterocycles. The fourth-order valence-corrected chi connectivity index (χ4v) is 3.90. The molecule has 0 radical (unpaired) electrons. The molecule has 0 unspecified atom stereocenters. The van der Waals surface area contributed by atoms with Gasteiger partial charge in [-0.05, 0) is 56.2 Å². The van der Waals surface area contributed by atoms with Crippen LogP contribution in [0.15, 0.2) is 72.8 Å². The number of carbonyl (C=O) groups excluding carboxylic acids is 1. The van der Waals surface area contributed by atoms with Gasteiger partial charge in [-0.3, -0.25) is 9.48 Å². The first-order valence-electron chi connectivity index (χ1n) is 11.2. The number of hydrogen-bond acceptors (Lipinski definition) is 4. The van der Waals surface area contributed by atoms with Crippen LogP contribution in [0.25, 0.3) is 0 Å². The van der Waals surface area contributed by atoms with Crippen LogP contribution in [0.2, 0.25) is 0 Å². The molecule has 0 aliphatic rings. The van der Waals surface area contributed by atoms with E-state index in [0.717, 1.165) is 22.6 Å². The summed E-state index contributed by atoms with van der Waals surface area (Å²) in [6, 6.07) is 23.3. The number of anilines is 1. The number of aromatic nitrogens is 2. The minimum absolute atomic E-state index is 0.180. The van der Waals surface area contributed by atoms with Gasteiger partial charge in [0.2, 0.25) is 0 Å². The lowest BCUT2D eigenvalue weighted by Crippen LogP contribution is -2.14. The molecule has 6 heteroatoms. The second-order valence-corrected chi connectivity index (χ2v) is 8.29. The number of para-hydroxylation sites is 2. The molecule has 0 aliphatic carbocycles. The fraction of sp³-hybridized carbons (Fsp3) is 0.214. The van der Waals surface area contributed by atoms with Crippen LogP contribution in [-0.2, 0) is 13.2 Å². The van der Waals surface area contributed by atoms with Crippen LogP contribution in [0.4, 0.5) is 5.69 Å². The zero-order valence-electron chi connectivity index (χ0n) is 20.0. The van der Waals surface area contributed by atoms with Gasteiger partial charge >= 0.3 is 0 Å². The van der Waals surface area contributed by atoms with Crippen molar-refractivity contribution in [3.8, 4) is 11.5 Å². The van der Waals surface area contributed by atoms with Crippen molar-refractivity contribution in [3.05, 3.63) is 106 Å². The number of methoxy groups -OCH3 is 1. The van der Waals surface area contributed by atoms with E-state index in [1.54, 1.807) is 13.2 Å². The summed E-state index contributed by atoms with van der Waals surface area (Å²) in [5.74, 6) is 1.15. The van der Waals surface area contributed by atoms with E-state index >= 15 is 0 Å². The van der Waals surface area contributed by atoms with Crippen molar-refractivity contribution in [3.63, 3.8) is 0 Å². The summed E-state index contributed by atoms with van der Waals surface area (Å²) in [6.07, 6.45) is 0. The van der Waals surface area contributed by atoms with Gasteiger partial charge < -0.3 is 14.8 Å². The Balaban J connectivity index is 1.46. The van der Waals surface area contributed by atoms with E-state index in [9.17, 15) is 4.79 Å². The van der Waals surface area contributed by atoms with Gasteiger partial charge in [-0.25, -0.2) is 0 Å². The normalized spacial score (nSPS) is 10.7. The average Bonchev–Trinajstić information content (AvgIpc) is 3.10. The van der Waals surface area contributed by atoms with E-state index in [1.165, 1.54) is 11.1 Å². The number of nitrogens with zero attached hydrogens (tertiary/aromatic N) is 2. The first-order chi connectivity index (χ1) is 16.4. The summed E-state index contributed by atoms with van der Waals surface area (Å²) in [6.45, 7) is 6.94. The molecule has 4 aromatic rings. The monoisotopic (exact) mass is 455 g/mol. The minimum atomic E-state index is -0.180. The largest absolute Gasteiger partial charge is 0.493 e. The molecule has 0 aliphatic heterocycles. The molecule has 4 rings (SSSR count). The van der Waals surface area contributed by atoms with Crippen LogP contribution in [0, 0.1) is 20.8 Å². The first kappa shape index (κ1) is 23.1. The third kappa shape index (κ3) is 5.29. The predicted molar refractivity (Wildman–Crippen MR) is 134 cm³/mol. The Morgan fingerprint density at radius 1 is 0.912 bits per heavy atom. The highest BCUT2D eigenvalue weighted by Gasteiger charge is 2.16. The second-order valence-electron chi connectivity index (χ2n) is 8.29. The van der Waals surface area contributed by atoms with Crippen LogP contribution in [0.1, 0.15) is 38.4 Å². The number of amides is 1. The molecule has 1 N–H and O–H groups in total. The molecule has 0 bridgehead atoms. The molecule has 3 aromatic carbocycles. The van der Waals surface area contributed by atoms with Crippen LogP contribution in [0.3, 0.4) is 0 Å². The third-order valence-electron chi connectivity index (χ3n) is 5.69. The standard InChI is InChI=1S/C28H29N3O3/c1-19-9-7-10-22(15-19)17-31-21(3)27(20(2)30-31)29-28(32)24-12-8-11-23(16-24)18-34-26-14-6-5-13-25(26)33-4/h5-16H,17-18H2,1-4H3,(H,29,32). The SMILES string of the molecule is COc1ccccc1OCc1cccc(C(=O)Nc2c(C)nn(Cc3cccc(C)c3)c2C)c1. The molecule has 0 saturated carbocycles. The van der Waals surface area contributed by atoms with E-state index in [4.69, 9.17) is 9.47 Å². The molecule has 1 aromatic heterocycles. The van der Waals surface area contributed by atoms with E-state index in [1.807, 2.05) is 67.1 Å². The molecule has 0 saturated heterocycles. The van der Waals surface area contributed by atoms with Gasteiger partial charge in [0.1, 0.15) is 6.61 Å². The quantitative estimate of drug-likeness (QED) is 0.370. The number of rotatable bonds is 8. The lowest BCUT2D eigenvalue weighted by Gasteiger charge is -2.11. The van der Waals surface area contributed by atoms with E-state index < -0.39 is 0 Å². The Bertz CT molecular complexity index is 1310. The van der Waals surface area contributed by atoms with Gasteiger partial charge in [-0.15, -0.1) is 0 Å². The lowest BCUT2D eigenvalue weighted by molar-refractivity contribution is 0.102. The lowest BCUT2D eigenvalue weighted by atomic mass is 10.1. The molecular formula is C28H29N3O3. The summed E-state index contributed by atoms with van der Waals surface area (Å²) >= 11 is 0. The van der Waals surface area contributed by atoms with Crippen molar-refractivity contribution >= 4 is 11.6 Å². The number of carbonyl (C=O) groups is 1. The summed E-state index contributed by atoms with van der Waals surface area (Å²) in [5, 5.41) is 7.70. The number of hydrogen-bond donors (Lipinski definition) is 1. The Morgan fingerprint density at radius 2 is 1.65 bits per heavy atom. The molecule has 0 spiro atoms. The van der Waals surface area contributed by atoms with Crippen molar-refractivity contribution < 1.29 is 14.3 Å². The van der Waals surface area contributed by atoms with Crippen molar-refractivity contribution in [2.24, 2.45) is 0 Å². The van der Waals surface area contributed by atoms with E-state index in [2.05, 4.69) is 35.5 Å². The summed E-state index contributed by atoms with van der Waals surface area (Å²) in [4.78, 5) is 13.0. The summed E-state index contributed by atoms with van der Waals surface area (Å²) < 4.78 is 13.2. The van der Waals surface area contributed by atoms with E-state index in [-0.39, 0.29) is 5.91 Å². The molecule has 1 amide bonds. The van der Waals surface area contributed by atoms with Crippen molar-refractivity contribution in [1.29, 1.82) is 0 Å². The van der Waals surface area contributed by atoms with Crippen LogP contribution in [0.5, 0.6) is 11.5 Å². The van der Waals surface area contributed by atoms with Crippen molar-refractivity contribution in [1.82, 2.24) is 9.78 Å². The molecule has 34 heavy (non-hydrogen) atoms. The highest BCUT2D eigenvalue weighted by molar-refractivity contribution is 6.05. The Labute approximate surface area is 200 Å². The second kappa shape index (κ2) is 10.3. The van der Waals surface area contributed by atoms with Crippen LogP contribution >= 0.6 is 0 Å². The summed E-state index contributed by atoms with van der Waals surface area (Å²) in [7, 11) is 1.61. The van der Waals surface area contributed by atoms with Crippen LogP contribution in [-0.4, -0.2) is 22.8 Å². The van der Waals surface area contributed by atoms with Gasteiger partial charge in [-0.2, -0.15) is 5.10 Å². The fourth-order valence-electron chi connectivity index (χ4n) is 3.90. The highest BCUT2D eigenvalue weighted by atomic mass is 16.5.